The molecule has 1 heterocycles. The van der Waals surface area contributed by atoms with E-state index in [1.807, 2.05) is 0 Å². The quantitative estimate of drug-likeness (QED) is 0.939. The fourth-order valence-corrected chi connectivity index (χ4v) is 1.97. The number of nitrogens with one attached hydrogen (secondary N) is 1. The summed E-state index contributed by atoms with van der Waals surface area (Å²) in [6, 6.07) is 4.79. The van der Waals surface area contributed by atoms with Gasteiger partial charge in [-0.05, 0) is 35.0 Å². The maximum atomic E-state index is 12.0. The predicted octanol–water partition coefficient (Wildman–Crippen LogP) is 2.98. The van der Waals surface area contributed by atoms with Crippen molar-refractivity contribution in [1.82, 2.24) is 15.5 Å². The second kappa shape index (κ2) is 5.49. The number of carbonyl (C=O) groups excluding carboxylic acids is 1. The average molecular weight is 331 g/mol. The molecule has 0 aliphatic heterocycles. The summed E-state index contributed by atoms with van der Waals surface area (Å²) >= 11 is 9.31. The van der Waals surface area contributed by atoms with Gasteiger partial charge >= 0.3 is 0 Å². The molecule has 0 radical (unpaired) electrons. The van der Waals surface area contributed by atoms with E-state index < -0.39 is 0 Å². The summed E-state index contributed by atoms with van der Waals surface area (Å²) in [5.74, 6) is 0.119. The van der Waals surface area contributed by atoms with Gasteiger partial charge in [-0.1, -0.05) is 22.8 Å². The first-order valence-electron chi connectivity index (χ1n) is 5.10. The van der Waals surface area contributed by atoms with Crippen LogP contribution in [0.25, 0.3) is 0 Å². The van der Waals surface area contributed by atoms with Crippen LogP contribution in [-0.2, 0) is 0 Å². The Kier molecular flexibility index (Phi) is 3.98. The summed E-state index contributed by atoms with van der Waals surface area (Å²) < 4.78 is 5.29. The average Bonchev–Trinajstić information content (AvgIpc) is 2.86. The number of aromatic nitrogens is 2. The van der Waals surface area contributed by atoms with E-state index in [4.69, 9.17) is 11.6 Å². The van der Waals surface area contributed by atoms with E-state index in [9.17, 15) is 4.79 Å². The third-order valence-corrected chi connectivity index (χ3v) is 3.61. The maximum absolute atomic E-state index is 12.0. The second-order valence-electron chi connectivity index (χ2n) is 3.59. The van der Waals surface area contributed by atoms with Gasteiger partial charge in [-0.3, -0.25) is 4.79 Å². The Morgan fingerprint density at radius 2 is 2.33 bits per heavy atom. The van der Waals surface area contributed by atoms with Crippen LogP contribution in [0, 0.1) is 0 Å². The van der Waals surface area contributed by atoms with E-state index in [2.05, 4.69) is 35.9 Å². The first-order valence-corrected chi connectivity index (χ1v) is 6.28. The minimum atomic E-state index is -0.355. The van der Waals surface area contributed by atoms with E-state index in [1.54, 1.807) is 25.1 Å². The Morgan fingerprint density at radius 3 is 3.00 bits per heavy atom. The fraction of sp³-hybridized carbons (Fsp3) is 0.182. The number of hydrogen-bond acceptors (Lipinski definition) is 4. The Morgan fingerprint density at radius 1 is 1.56 bits per heavy atom. The van der Waals surface area contributed by atoms with Crippen LogP contribution in [0.15, 0.2) is 33.6 Å². The Balaban J connectivity index is 2.15. The number of benzene rings is 1. The lowest BCUT2D eigenvalue weighted by Gasteiger charge is -2.11. The van der Waals surface area contributed by atoms with Gasteiger partial charge in [0.1, 0.15) is 0 Å². The number of rotatable bonds is 3. The highest BCUT2D eigenvalue weighted by Gasteiger charge is 2.17. The van der Waals surface area contributed by atoms with Crippen molar-refractivity contribution in [3.05, 3.63) is 45.5 Å². The van der Waals surface area contributed by atoms with Crippen LogP contribution in [-0.4, -0.2) is 16.0 Å². The lowest BCUT2D eigenvalue weighted by atomic mass is 10.2. The molecular weight excluding hydrogens is 321 g/mol. The van der Waals surface area contributed by atoms with Crippen LogP contribution in [0.1, 0.15) is 29.1 Å². The number of amides is 1. The Bertz CT molecular complexity index is 559. The molecule has 2 rings (SSSR count). The van der Waals surface area contributed by atoms with E-state index >= 15 is 0 Å². The zero-order valence-corrected chi connectivity index (χ0v) is 11.7. The summed E-state index contributed by atoms with van der Waals surface area (Å²) in [5, 5.41) is 6.77. The molecule has 1 aromatic carbocycles. The van der Waals surface area contributed by atoms with Crippen LogP contribution < -0.4 is 5.32 Å². The molecule has 0 saturated heterocycles. The monoisotopic (exact) mass is 329 g/mol. The molecule has 0 spiro atoms. The van der Waals surface area contributed by atoms with Gasteiger partial charge < -0.3 is 9.84 Å². The molecule has 94 valence electrons. The van der Waals surface area contributed by atoms with E-state index in [0.29, 0.717) is 20.9 Å². The number of halogens is 2. The Labute approximate surface area is 117 Å². The summed E-state index contributed by atoms with van der Waals surface area (Å²) in [6.45, 7) is 1.76. The highest BCUT2D eigenvalue weighted by atomic mass is 79.9. The number of nitrogens with zero attached hydrogens (tertiary/aromatic N) is 2. The topological polar surface area (TPSA) is 68.0 Å². The normalized spacial score (nSPS) is 12.2. The largest absolute Gasteiger partial charge is 0.343 e. The van der Waals surface area contributed by atoms with Gasteiger partial charge in [0.05, 0.1) is 16.6 Å². The number of hydrogen-bond donors (Lipinski definition) is 1. The van der Waals surface area contributed by atoms with Gasteiger partial charge in [0.2, 0.25) is 6.39 Å². The smallest absolute Gasteiger partial charge is 0.253 e. The Hall–Kier alpha value is -1.40. The molecule has 18 heavy (non-hydrogen) atoms. The van der Waals surface area contributed by atoms with Gasteiger partial charge in [0, 0.05) is 4.47 Å². The summed E-state index contributed by atoms with van der Waals surface area (Å²) in [6.07, 6.45) is 1.21. The third-order valence-electron chi connectivity index (χ3n) is 2.31. The molecule has 1 atom stereocenters. The van der Waals surface area contributed by atoms with Crippen LogP contribution in [0.5, 0.6) is 0 Å². The van der Waals surface area contributed by atoms with Crippen LogP contribution in [0.3, 0.4) is 0 Å². The molecule has 0 saturated carbocycles. The van der Waals surface area contributed by atoms with Gasteiger partial charge in [0.25, 0.3) is 5.91 Å². The molecule has 0 fully saturated rings. The van der Waals surface area contributed by atoms with E-state index in [1.165, 1.54) is 6.39 Å². The molecule has 0 bridgehead atoms. The summed E-state index contributed by atoms with van der Waals surface area (Å²) in [5.41, 5.74) is 0.390. The molecule has 2 aromatic rings. The SMILES string of the molecule is CC(NC(=O)c1cccc(Br)c1Cl)c1ncon1. The van der Waals surface area contributed by atoms with E-state index in [-0.39, 0.29) is 11.9 Å². The van der Waals surface area contributed by atoms with Crippen LogP contribution in [0.2, 0.25) is 5.02 Å². The fourth-order valence-electron chi connectivity index (χ4n) is 1.39. The minimum absolute atomic E-state index is 0.293. The summed E-state index contributed by atoms with van der Waals surface area (Å²) in [4.78, 5) is 15.9. The van der Waals surface area contributed by atoms with Crippen LogP contribution in [0.4, 0.5) is 0 Å². The lowest BCUT2D eigenvalue weighted by molar-refractivity contribution is 0.0938. The molecule has 1 amide bonds. The molecule has 5 nitrogen and oxygen atoms in total. The van der Waals surface area contributed by atoms with Gasteiger partial charge in [-0.15, -0.1) is 0 Å². The molecule has 7 heteroatoms. The van der Waals surface area contributed by atoms with Gasteiger partial charge in [0.15, 0.2) is 5.82 Å². The van der Waals surface area contributed by atoms with Crippen molar-refractivity contribution in [3.8, 4) is 0 Å². The maximum Gasteiger partial charge on any atom is 0.253 e. The molecular formula is C11H9BrClN3O2. The standard InChI is InChI=1S/C11H9BrClN3O2/c1-6(10-14-5-18-16-10)15-11(17)7-3-2-4-8(12)9(7)13/h2-6H,1H3,(H,15,17). The molecule has 1 N–H and O–H groups in total. The first-order chi connectivity index (χ1) is 8.59. The molecule has 1 aromatic heterocycles. The van der Waals surface area contributed by atoms with Crippen molar-refractivity contribution in [1.29, 1.82) is 0 Å². The molecule has 1 unspecified atom stereocenters. The lowest BCUT2D eigenvalue weighted by Crippen LogP contribution is -2.27. The van der Waals surface area contributed by atoms with Crippen molar-refractivity contribution >= 4 is 33.4 Å². The predicted molar refractivity (Wildman–Crippen MR) is 69.3 cm³/mol. The zero-order chi connectivity index (χ0) is 13.1. The van der Waals surface area contributed by atoms with Crippen molar-refractivity contribution < 1.29 is 9.32 Å². The van der Waals surface area contributed by atoms with Gasteiger partial charge in [-0.2, -0.15) is 4.98 Å². The van der Waals surface area contributed by atoms with Crippen LogP contribution >= 0.6 is 27.5 Å². The van der Waals surface area contributed by atoms with Crippen molar-refractivity contribution in [2.24, 2.45) is 0 Å². The number of carbonyl (C=O) groups is 1. The highest BCUT2D eigenvalue weighted by Crippen LogP contribution is 2.26. The third kappa shape index (κ3) is 2.70. The molecule has 0 aliphatic rings. The van der Waals surface area contributed by atoms with Crippen molar-refractivity contribution in [3.63, 3.8) is 0 Å². The van der Waals surface area contributed by atoms with E-state index in [0.717, 1.165) is 0 Å². The highest BCUT2D eigenvalue weighted by molar-refractivity contribution is 9.10. The van der Waals surface area contributed by atoms with Gasteiger partial charge in [-0.25, -0.2) is 0 Å². The zero-order valence-electron chi connectivity index (χ0n) is 9.35. The first kappa shape index (κ1) is 13.0. The van der Waals surface area contributed by atoms with Crippen molar-refractivity contribution in [2.75, 3.05) is 0 Å². The molecule has 0 aliphatic carbocycles. The second-order valence-corrected chi connectivity index (χ2v) is 4.82. The van der Waals surface area contributed by atoms with Crippen molar-refractivity contribution in [2.45, 2.75) is 13.0 Å². The minimum Gasteiger partial charge on any atom is -0.343 e. The summed E-state index contributed by atoms with van der Waals surface area (Å²) in [7, 11) is 0.